The molecule has 1 aromatic heterocycles. The number of aromatic nitrogens is 2. The number of nitrogens with zero attached hydrogens (tertiary/aromatic N) is 2. The van der Waals surface area contributed by atoms with Crippen molar-refractivity contribution in [3.63, 3.8) is 0 Å². The Hall–Kier alpha value is -1.41. The maximum absolute atomic E-state index is 12.5. The molecule has 0 saturated heterocycles. The molecule has 1 heterocycles. The van der Waals surface area contributed by atoms with Gasteiger partial charge in [-0.2, -0.15) is 9.40 Å². The molecule has 0 amide bonds. The molecule has 0 atom stereocenters. The quantitative estimate of drug-likeness (QED) is 0.850. The summed E-state index contributed by atoms with van der Waals surface area (Å²) in [5, 5.41) is 15.2. The van der Waals surface area contributed by atoms with Gasteiger partial charge in [0, 0.05) is 12.6 Å². The Morgan fingerprint density at radius 2 is 2.10 bits per heavy atom. The zero-order chi connectivity index (χ0) is 14.8. The van der Waals surface area contributed by atoms with E-state index in [1.807, 2.05) is 0 Å². The fraction of sp³-hybridized carbons (Fsp3) is 0.667. The molecular weight excluding hydrogens is 282 g/mol. The highest BCUT2D eigenvalue weighted by Crippen LogP contribution is 2.38. The number of carboxylic acids is 1. The fourth-order valence-electron chi connectivity index (χ4n) is 2.88. The van der Waals surface area contributed by atoms with E-state index in [1.54, 1.807) is 0 Å². The van der Waals surface area contributed by atoms with Crippen LogP contribution in [0.25, 0.3) is 0 Å². The van der Waals surface area contributed by atoms with Crippen molar-refractivity contribution >= 4 is 16.0 Å². The molecule has 0 aromatic carbocycles. The molecule has 0 radical (unpaired) electrons. The molecule has 7 nitrogen and oxygen atoms in total. The minimum absolute atomic E-state index is 0.00432. The highest BCUT2D eigenvalue weighted by Gasteiger charge is 2.44. The Kier molecular flexibility index (Phi) is 4.14. The third-order valence-electron chi connectivity index (χ3n) is 4.05. The van der Waals surface area contributed by atoms with Crippen LogP contribution in [0, 0.1) is 0 Å². The second-order valence-corrected chi connectivity index (χ2v) is 7.19. The first-order valence-electron chi connectivity index (χ1n) is 6.59. The molecule has 0 aliphatic heterocycles. The highest BCUT2D eigenvalue weighted by atomic mass is 32.2. The third kappa shape index (κ3) is 2.71. The average molecular weight is 301 g/mol. The first-order chi connectivity index (χ1) is 9.38. The molecule has 8 heteroatoms. The van der Waals surface area contributed by atoms with Gasteiger partial charge < -0.3 is 5.11 Å². The smallest absolute Gasteiger partial charge is 0.305 e. The van der Waals surface area contributed by atoms with Crippen LogP contribution in [0.5, 0.6) is 0 Å². The number of aromatic amines is 1. The molecule has 1 aliphatic rings. The van der Waals surface area contributed by atoms with Gasteiger partial charge in [0.15, 0.2) is 5.03 Å². The van der Waals surface area contributed by atoms with Crippen LogP contribution in [0.4, 0.5) is 0 Å². The van der Waals surface area contributed by atoms with Crippen LogP contribution in [-0.4, -0.2) is 46.6 Å². The van der Waals surface area contributed by atoms with Gasteiger partial charge in [0.05, 0.1) is 12.6 Å². The maximum Gasteiger partial charge on any atom is 0.305 e. The number of hydrogen-bond donors (Lipinski definition) is 2. The minimum Gasteiger partial charge on any atom is -0.481 e. The normalized spacial score (nSPS) is 19.1. The second-order valence-electron chi connectivity index (χ2n) is 5.25. The van der Waals surface area contributed by atoms with E-state index >= 15 is 0 Å². The summed E-state index contributed by atoms with van der Waals surface area (Å²) in [6, 6.07) is 1.38. The van der Waals surface area contributed by atoms with Crippen molar-refractivity contribution in [2.24, 2.45) is 0 Å². The standard InChI is InChI=1S/C12H19N3O4S/c1-15(20(18,19)10-5-8-13-14-10)12(9-11(16)17)6-3-2-4-7-12/h5,8H,2-4,6-7,9H2,1H3,(H,13,14)(H,16,17). The lowest BCUT2D eigenvalue weighted by atomic mass is 9.79. The van der Waals surface area contributed by atoms with E-state index in [1.165, 1.54) is 23.6 Å². The predicted octanol–water partition coefficient (Wildman–Crippen LogP) is 1.21. The number of hydrogen-bond acceptors (Lipinski definition) is 4. The van der Waals surface area contributed by atoms with E-state index in [0.717, 1.165) is 19.3 Å². The molecule has 0 unspecified atom stereocenters. The van der Waals surface area contributed by atoms with Crippen molar-refractivity contribution in [1.82, 2.24) is 14.5 Å². The summed E-state index contributed by atoms with van der Waals surface area (Å²) in [6.07, 6.45) is 5.04. The molecule has 20 heavy (non-hydrogen) atoms. The number of rotatable bonds is 5. The molecule has 0 bridgehead atoms. The maximum atomic E-state index is 12.5. The van der Waals surface area contributed by atoms with Gasteiger partial charge in [-0.15, -0.1) is 0 Å². The lowest BCUT2D eigenvalue weighted by molar-refractivity contribution is -0.140. The van der Waals surface area contributed by atoms with E-state index in [-0.39, 0.29) is 11.4 Å². The van der Waals surface area contributed by atoms with E-state index < -0.39 is 21.5 Å². The molecular formula is C12H19N3O4S. The van der Waals surface area contributed by atoms with Crippen molar-refractivity contribution < 1.29 is 18.3 Å². The van der Waals surface area contributed by atoms with Gasteiger partial charge >= 0.3 is 5.97 Å². The van der Waals surface area contributed by atoms with E-state index in [4.69, 9.17) is 5.11 Å². The number of aliphatic carboxylic acids is 1. The predicted molar refractivity (Wildman–Crippen MR) is 71.6 cm³/mol. The van der Waals surface area contributed by atoms with E-state index in [0.29, 0.717) is 12.8 Å². The topological polar surface area (TPSA) is 103 Å². The average Bonchev–Trinajstić information content (AvgIpc) is 2.92. The Bertz CT molecular complexity index is 562. The molecule has 112 valence electrons. The van der Waals surface area contributed by atoms with Gasteiger partial charge in [-0.3, -0.25) is 9.89 Å². The summed E-state index contributed by atoms with van der Waals surface area (Å²) in [7, 11) is -2.28. The van der Waals surface area contributed by atoms with Gasteiger partial charge in [-0.25, -0.2) is 8.42 Å². The Labute approximate surface area is 118 Å². The molecule has 1 fully saturated rings. The first kappa shape index (κ1) is 15.0. The van der Waals surface area contributed by atoms with Crippen molar-refractivity contribution in [2.75, 3.05) is 7.05 Å². The number of nitrogens with one attached hydrogen (secondary N) is 1. The van der Waals surface area contributed by atoms with Crippen LogP contribution in [0.1, 0.15) is 38.5 Å². The number of H-pyrrole nitrogens is 1. The Balaban J connectivity index is 2.36. The van der Waals surface area contributed by atoms with Gasteiger partial charge in [0.25, 0.3) is 10.0 Å². The second kappa shape index (κ2) is 5.53. The summed E-state index contributed by atoms with van der Waals surface area (Å²) >= 11 is 0. The van der Waals surface area contributed by atoms with Crippen molar-refractivity contribution in [2.45, 2.75) is 49.1 Å². The lowest BCUT2D eigenvalue weighted by Crippen LogP contribution is -2.52. The number of sulfonamides is 1. The zero-order valence-electron chi connectivity index (χ0n) is 11.4. The SMILES string of the molecule is CN(C1(CC(=O)O)CCCCC1)S(=O)(=O)c1ccn[nH]1. The largest absolute Gasteiger partial charge is 0.481 e. The van der Waals surface area contributed by atoms with Crippen LogP contribution in [0.15, 0.2) is 17.3 Å². The van der Waals surface area contributed by atoms with Crippen molar-refractivity contribution in [3.05, 3.63) is 12.3 Å². The summed E-state index contributed by atoms with van der Waals surface area (Å²) in [6.45, 7) is 0. The van der Waals surface area contributed by atoms with Gasteiger partial charge in [0.1, 0.15) is 0 Å². The monoisotopic (exact) mass is 301 g/mol. The Morgan fingerprint density at radius 3 is 2.60 bits per heavy atom. The lowest BCUT2D eigenvalue weighted by Gasteiger charge is -2.42. The summed E-state index contributed by atoms with van der Waals surface area (Å²) < 4.78 is 26.3. The molecule has 1 saturated carbocycles. The zero-order valence-corrected chi connectivity index (χ0v) is 12.2. The number of carboxylic acid groups (broad SMARTS) is 1. The van der Waals surface area contributed by atoms with Gasteiger partial charge in [-0.1, -0.05) is 19.3 Å². The van der Waals surface area contributed by atoms with Gasteiger partial charge in [-0.05, 0) is 18.9 Å². The third-order valence-corrected chi connectivity index (χ3v) is 5.94. The molecule has 2 N–H and O–H groups in total. The van der Waals surface area contributed by atoms with Crippen LogP contribution >= 0.6 is 0 Å². The van der Waals surface area contributed by atoms with Crippen molar-refractivity contribution in [1.29, 1.82) is 0 Å². The first-order valence-corrected chi connectivity index (χ1v) is 8.03. The molecule has 0 spiro atoms. The fourth-order valence-corrected chi connectivity index (χ4v) is 4.34. The summed E-state index contributed by atoms with van der Waals surface area (Å²) in [4.78, 5) is 11.1. The van der Waals surface area contributed by atoms with E-state index in [9.17, 15) is 13.2 Å². The Morgan fingerprint density at radius 1 is 1.45 bits per heavy atom. The van der Waals surface area contributed by atoms with Gasteiger partial charge in [0.2, 0.25) is 0 Å². The van der Waals surface area contributed by atoms with Crippen molar-refractivity contribution in [3.8, 4) is 0 Å². The molecule has 1 aliphatic carbocycles. The van der Waals surface area contributed by atoms with Crippen LogP contribution in [-0.2, 0) is 14.8 Å². The molecule has 2 rings (SSSR count). The van der Waals surface area contributed by atoms with Crippen LogP contribution < -0.4 is 0 Å². The van der Waals surface area contributed by atoms with E-state index in [2.05, 4.69) is 10.2 Å². The summed E-state index contributed by atoms with van der Waals surface area (Å²) in [5.74, 6) is -0.974. The molecule has 1 aromatic rings. The summed E-state index contributed by atoms with van der Waals surface area (Å²) in [5.41, 5.74) is -0.839. The van der Waals surface area contributed by atoms with Crippen LogP contribution in [0.2, 0.25) is 0 Å². The highest BCUT2D eigenvalue weighted by molar-refractivity contribution is 7.89. The number of carbonyl (C=O) groups is 1. The van der Waals surface area contributed by atoms with Crippen LogP contribution in [0.3, 0.4) is 0 Å². The minimum atomic E-state index is -3.75.